The minimum atomic E-state index is 0.586. The van der Waals surface area contributed by atoms with Crippen molar-refractivity contribution in [3.05, 3.63) is 39.1 Å². The van der Waals surface area contributed by atoms with Crippen molar-refractivity contribution < 1.29 is 4.74 Å². The van der Waals surface area contributed by atoms with Gasteiger partial charge in [0.25, 0.3) is 0 Å². The summed E-state index contributed by atoms with van der Waals surface area (Å²) in [6.45, 7) is 2.63. The summed E-state index contributed by atoms with van der Waals surface area (Å²) in [4.78, 5) is 7.89. The van der Waals surface area contributed by atoms with Crippen LogP contribution in [-0.2, 0) is 0 Å². The molecule has 3 rings (SSSR count). The predicted molar refractivity (Wildman–Crippen MR) is 85.7 cm³/mol. The number of H-pyrrole nitrogens is 1. The van der Waals surface area contributed by atoms with Crippen molar-refractivity contribution in [2.75, 3.05) is 6.61 Å². The van der Waals surface area contributed by atoms with E-state index in [1.54, 1.807) is 0 Å². The molecule has 104 valence electrons. The molecular weight excluding hydrogens is 336 g/mol. The fraction of sp³-hybridized carbons (Fsp3) is 0.333. The van der Waals surface area contributed by atoms with Crippen molar-refractivity contribution in [1.29, 1.82) is 0 Å². The average Bonchev–Trinajstić information content (AvgIpc) is 3.27. The van der Waals surface area contributed by atoms with Crippen LogP contribution in [0.15, 0.2) is 28.7 Å². The van der Waals surface area contributed by atoms with Crippen LogP contribution in [0.1, 0.15) is 31.4 Å². The highest BCUT2D eigenvalue weighted by Gasteiger charge is 2.27. The lowest BCUT2D eigenvalue weighted by atomic mass is 10.2. The minimum Gasteiger partial charge on any atom is -0.494 e. The average molecular weight is 351 g/mol. The van der Waals surface area contributed by atoms with Crippen LogP contribution >= 0.6 is 28.1 Å². The van der Waals surface area contributed by atoms with Gasteiger partial charge in [0.15, 0.2) is 0 Å². The molecule has 20 heavy (non-hydrogen) atoms. The van der Waals surface area contributed by atoms with E-state index in [0.29, 0.717) is 17.2 Å². The summed E-state index contributed by atoms with van der Waals surface area (Å²) in [6, 6.07) is 7.92. The molecule has 0 aliphatic heterocycles. The van der Waals surface area contributed by atoms with Gasteiger partial charge in [0.2, 0.25) is 0 Å². The molecule has 1 N–H and O–H groups in total. The van der Waals surface area contributed by atoms with Crippen LogP contribution in [0.4, 0.5) is 0 Å². The first-order chi connectivity index (χ1) is 9.69. The zero-order chi connectivity index (χ0) is 14.1. The number of hydrogen-bond donors (Lipinski definition) is 1. The number of hydrogen-bond acceptors (Lipinski definition) is 3. The Morgan fingerprint density at radius 3 is 2.95 bits per heavy atom. The fourth-order valence-corrected chi connectivity index (χ4v) is 2.88. The second-order valence-corrected chi connectivity index (χ2v) is 6.03. The number of rotatable bonds is 4. The maximum Gasteiger partial charge on any atom is 0.144 e. The number of nitrogens with zero attached hydrogens (tertiary/aromatic N) is 1. The number of aromatic nitrogens is 2. The monoisotopic (exact) mass is 350 g/mol. The van der Waals surface area contributed by atoms with Gasteiger partial charge in [-0.25, -0.2) is 4.98 Å². The molecule has 1 heterocycles. The Kier molecular flexibility index (Phi) is 3.89. The Balaban J connectivity index is 2.05. The molecule has 0 amide bonds. The van der Waals surface area contributed by atoms with E-state index < -0.39 is 0 Å². The normalized spacial score (nSPS) is 14.3. The van der Waals surface area contributed by atoms with Crippen molar-refractivity contribution >= 4 is 28.1 Å². The summed E-state index contributed by atoms with van der Waals surface area (Å²) in [7, 11) is 0. The molecule has 2 aromatic rings. The van der Waals surface area contributed by atoms with Crippen molar-refractivity contribution in [3.63, 3.8) is 0 Å². The summed E-state index contributed by atoms with van der Waals surface area (Å²) in [5.74, 6) is 2.24. The number of aromatic amines is 1. The predicted octanol–water partition coefficient (Wildman–Crippen LogP) is 4.84. The van der Waals surface area contributed by atoms with Crippen LogP contribution in [0.25, 0.3) is 11.4 Å². The van der Waals surface area contributed by atoms with E-state index in [1.165, 1.54) is 18.5 Å². The van der Waals surface area contributed by atoms with Gasteiger partial charge in [-0.3, -0.25) is 0 Å². The Morgan fingerprint density at radius 1 is 1.45 bits per heavy atom. The maximum absolute atomic E-state index is 5.54. The Morgan fingerprint density at radius 2 is 2.25 bits per heavy atom. The van der Waals surface area contributed by atoms with Gasteiger partial charge in [-0.1, -0.05) is 24.4 Å². The van der Waals surface area contributed by atoms with Crippen LogP contribution in [-0.4, -0.2) is 16.6 Å². The van der Waals surface area contributed by atoms with Crippen LogP contribution in [0.2, 0.25) is 0 Å². The van der Waals surface area contributed by atoms with E-state index in [9.17, 15) is 0 Å². The molecule has 0 saturated heterocycles. The van der Waals surface area contributed by atoms with Crippen LogP contribution in [0.3, 0.4) is 0 Å². The zero-order valence-electron chi connectivity index (χ0n) is 11.1. The lowest BCUT2D eigenvalue weighted by Crippen LogP contribution is -1.98. The van der Waals surface area contributed by atoms with Crippen molar-refractivity contribution in [2.45, 2.75) is 25.7 Å². The minimum absolute atomic E-state index is 0.586. The van der Waals surface area contributed by atoms with Gasteiger partial charge in [0, 0.05) is 17.2 Å². The molecular formula is C15H15BrN2OS. The third-order valence-corrected chi connectivity index (χ3v) is 4.66. The summed E-state index contributed by atoms with van der Waals surface area (Å²) in [5, 5.41) is 0. The van der Waals surface area contributed by atoms with Gasteiger partial charge in [0.05, 0.1) is 11.1 Å². The maximum atomic E-state index is 5.54. The molecule has 1 saturated carbocycles. The summed E-state index contributed by atoms with van der Waals surface area (Å²) in [5.41, 5.74) is 2.17. The smallest absolute Gasteiger partial charge is 0.144 e. The van der Waals surface area contributed by atoms with Gasteiger partial charge < -0.3 is 9.72 Å². The Hall–Kier alpha value is -1.20. The molecule has 1 aliphatic carbocycles. The Bertz CT molecular complexity index is 695. The largest absolute Gasteiger partial charge is 0.494 e. The lowest BCUT2D eigenvalue weighted by Gasteiger charge is -2.09. The third kappa shape index (κ3) is 2.79. The van der Waals surface area contributed by atoms with Crippen molar-refractivity contribution in [2.24, 2.45) is 0 Å². The molecule has 5 heteroatoms. The number of ether oxygens (including phenoxy) is 1. The molecule has 1 aromatic carbocycles. The van der Waals surface area contributed by atoms with Crippen molar-refractivity contribution in [3.8, 4) is 17.1 Å². The fourth-order valence-electron chi connectivity index (χ4n) is 2.17. The van der Waals surface area contributed by atoms with E-state index >= 15 is 0 Å². The lowest BCUT2D eigenvalue weighted by molar-refractivity contribution is 0.340. The highest BCUT2D eigenvalue weighted by atomic mass is 79.9. The van der Waals surface area contributed by atoms with Gasteiger partial charge in [0.1, 0.15) is 16.2 Å². The first-order valence-corrected chi connectivity index (χ1v) is 7.92. The molecule has 0 radical (unpaired) electrons. The first-order valence-electron chi connectivity index (χ1n) is 6.72. The highest BCUT2D eigenvalue weighted by Crippen LogP contribution is 2.42. The van der Waals surface area contributed by atoms with E-state index in [4.69, 9.17) is 17.0 Å². The molecule has 0 spiro atoms. The molecule has 0 unspecified atom stereocenters. The summed E-state index contributed by atoms with van der Waals surface area (Å²) < 4.78 is 7.08. The summed E-state index contributed by atoms with van der Waals surface area (Å²) >= 11 is 8.89. The number of halogens is 1. The number of benzene rings is 1. The zero-order valence-corrected chi connectivity index (χ0v) is 13.6. The Labute approximate surface area is 131 Å². The second-order valence-electron chi connectivity index (χ2n) is 4.85. The van der Waals surface area contributed by atoms with Crippen LogP contribution in [0.5, 0.6) is 5.75 Å². The van der Waals surface area contributed by atoms with Gasteiger partial charge >= 0.3 is 0 Å². The van der Waals surface area contributed by atoms with Crippen molar-refractivity contribution in [1.82, 2.24) is 9.97 Å². The van der Waals surface area contributed by atoms with Crippen LogP contribution < -0.4 is 4.74 Å². The van der Waals surface area contributed by atoms with Gasteiger partial charge in [-0.15, -0.1) is 0 Å². The number of nitrogens with one attached hydrogen (secondary N) is 1. The van der Waals surface area contributed by atoms with E-state index in [0.717, 1.165) is 21.6 Å². The molecule has 0 bridgehead atoms. The third-order valence-electron chi connectivity index (χ3n) is 3.29. The quantitative estimate of drug-likeness (QED) is 0.801. The van der Waals surface area contributed by atoms with Gasteiger partial charge in [-0.2, -0.15) is 0 Å². The highest BCUT2D eigenvalue weighted by molar-refractivity contribution is 9.10. The molecule has 1 aromatic heterocycles. The molecule has 3 nitrogen and oxygen atoms in total. The SMILES string of the molecule is CCOc1cccc(-c2nc(=S)c(Br)c(C3CC3)[nH]2)c1. The van der Waals surface area contributed by atoms with E-state index in [-0.39, 0.29) is 0 Å². The standard InChI is InChI=1S/C15H15BrN2OS/c1-2-19-11-5-3-4-10(8-11)14-17-13(9-6-7-9)12(16)15(20)18-14/h3-5,8-9H,2,6-7H2,1H3,(H,17,18,20). The molecule has 1 fully saturated rings. The van der Waals surface area contributed by atoms with Crippen LogP contribution in [0, 0.1) is 4.64 Å². The second kappa shape index (κ2) is 5.66. The summed E-state index contributed by atoms with van der Waals surface area (Å²) in [6.07, 6.45) is 2.43. The first kappa shape index (κ1) is 13.8. The molecule has 1 aliphatic rings. The van der Waals surface area contributed by atoms with E-state index in [2.05, 4.69) is 25.9 Å². The topological polar surface area (TPSA) is 37.9 Å². The van der Waals surface area contributed by atoms with E-state index in [1.807, 2.05) is 31.2 Å². The molecule has 0 atom stereocenters. The van der Waals surface area contributed by atoms with Gasteiger partial charge in [-0.05, 0) is 47.8 Å².